The molecule has 8 nitrogen and oxygen atoms in total. The van der Waals surface area contributed by atoms with Crippen LogP contribution < -0.4 is 10.6 Å². The number of allylic oxidation sites excluding steroid dienone is 1. The molecule has 0 unspecified atom stereocenters. The Balaban J connectivity index is 1.60. The van der Waals surface area contributed by atoms with Crippen LogP contribution in [0.4, 0.5) is 23.5 Å². The van der Waals surface area contributed by atoms with Crippen molar-refractivity contribution in [3.8, 4) is 0 Å². The van der Waals surface area contributed by atoms with Gasteiger partial charge in [-0.2, -0.15) is 23.3 Å². The summed E-state index contributed by atoms with van der Waals surface area (Å²) in [6.07, 6.45) is 2.44. The summed E-state index contributed by atoms with van der Waals surface area (Å²) in [7, 11) is 0. The molecule has 12 heteroatoms. The molecule has 0 aromatic carbocycles. The molecule has 3 N–H and O–H groups in total. The minimum atomic E-state index is -4.54. The third kappa shape index (κ3) is 4.83. The van der Waals surface area contributed by atoms with Crippen molar-refractivity contribution >= 4 is 34.5 Å². The number of nitrogens with zero attached hydrogens (tertiary/aromatic N) is 4. The monoisotopic (exact) mass is 465 g/mol. The van der Waals surface area contributed by atoms with Crippen LogP contribution in [0.5, 0.6) is 0 Å². The molecule has 0 fully saturated rings. The Morgan fingerprint density at radius 1 is 1.27 bits per heavy atom. The lowest BCUT2D eigenvalue weighted by Crippen LogP contribution is -2.43. The van der Waals surface area contributed by atoms with Gasteiger partial charge in [0.25, 0.3) is 5.91 Å². The Kier molecular flexibility index (Phi) is 5.62. The van der Waals surface area contributed by atoms with E-state index < -0.39 is 23.8 Å². The first-order chi connectivity index (χ1) is 15.4. The number of fused-ring (bicyclic) bond motifs is 2. The first kappa shape index (κ1) is 22.7. The van der Waals surface area contributed by atoms with Crippen LogP contribution in [0.15, 0.2) is 18.6 Å². The number of hydrogen-bond acceptors (Lipinski definition) is 5. The van der Waals surface area contributed by atoms with Gasteiger partial charge in [-0.3, -0.25) is 9.48 Å². The van der Waals surface area contributed by atoms with E-state index in [1.165, 1.54) is 20.0 Å². The van der Waals surface area contributed by atoms with Crippen LogP contribution in [0.3, 0.4) is 0 Å². The molecule has 1 aliphatic rings. The summed E-state index contributed by atoms with van der Waals surface area (Å²) >= 11 is 0. The predicted octanol–water partition coefficient (Wildman–Crippen LogP) is 3.94. The molecule has 1 atom stereocenters. The number of aromatic nitrogens is 5. The summed E-state index contributed by atoms with van der Waals surface area (Å²) in [5.41, 5.74) is 1.31. The van der Waals surface area contributed by atoms with Crippen molar-refractivity contribution in [1.82, 2.24) is 30.0 Å². The van der Waals surface area contributed by atoms with Crippen LogP contribution in [-0.4, -0.2) is 55.1 Å². The first-order valence-electron chi connectivity index (χ1n) is 10.3. The van der Waals surface area contributed by atoms with Crippen molar-refractivity contribution in [2.24, 2.45) is 0 Å². The highest BCUT2D eigenvalue weighted by Gasteiger charge is 2.37. The van der Waals surface area contributed by atoms with Crippen LogP contribution >= 0.6 is 0 Å². The predicted molar refractivity (Wildman–Crippen MR) is 115 cm³/mol. The van der Waals surface area contributed by atoms with E-state index in [0.717, 1.165) is 23.4 Å². The topological polar surface area (TPSA) is 101 Å². The Labute approximate surface area is 186 Å². The number of halogens is 4. The Morgan fingerprint density at radius 2 is 2.03 bits per heavy atom. The minimum Gasteiger partial charge on any atom is -0.351 e. The number of H-pyrrole nitrogens is 1. The van der Waals surface area contributed by atoms with E-state index >= 15 is 0 Å². The van der Waals surface area contributed by atoms with E-state index in [1.807, 2.05) is 5.32 Å². The van der Waals surface area contributed by atoms with Crippen molar-refractivity contribution in [2.45, 2.75) is 51.6 Å². The van der Waals surface area contributed by atoms with Crippen molar-refractivity contribution in [3.63, 3.8) is 0 Å². The molecule has 33 heavy (non-hydrogen) atoms. The highest BCUT2D eigenvalue weighted by Crippen LogP contribution is 2.32. The number of carbonyl (C=O) groups is 1. The van der Waals surface area contributed by atoms with Gasteiger partial charge in [0.05, 0.1) is 24.0 Å². The quantitative estimate of drug-likeness (QED) is 0.479. The van der Waals surface area contributed by atoms with E-state index in [1.54, 1.807) is 23.2 Å². The van der Waals surface area contributed by atoms with Gasteiger partial charge in [0.1, 0.15) is 17.4 Å². The molecule has 0 aliphatic carbocycles. The van der Waals surface area contributed by atoms with Gasteiger partial charge in [0, 0.05) is 29.9 Å². The van der Waals surface area contributed by atoms with Gasteiger partial charge in [-0.05, 0) is 38.8 Å². The minimum absolute atomic E-state index is 0.0546. The number of aryl methyl sites for hydroxylation is 1. The van der Waals surface area contributed by atoms with Gasteiger partial charge in [-0.25, -0.2) is 9.37 Å². The summed E-state index contributed by atoms with van der Waals surface area (Å²) in [4.78, 5) is 24.1. The second-order valence-corrected chi connectivity index (χ2v) is 8.55. The number of rotatable bonds is 6. The molecule has 0 radical (unpaired) electrons. The lowest BCUT2D eigenvalue weighted by atomic mass is 9.98. The zero-order valence-electron chi connectivity index (χ0n) is 18.2. The number of alkyl halides is 4. The number of nitrogens with one attached hydrogen (secondary N) is 3. The highest BCUT2D eigenvalue weighted by molar-refractivity contribution is 6.01. The molecule has 0 saturated heterocycles. The van der Waals surface area contributed by atoms with E-state index in [2.05, 4.69) is 25.4 Å². The number of carbonyl (C=O) groups excluding carboxylic acids is 1. The van der Waals surface area contributed by atoms with Gasteiger partial charge in [-0.1, -0.05) is 0 Å². The third-order valence-corrected chi connectivity index (χ3v) is 5.31. The summed E-state index contributed by atoms with van der Waals surface area (Å²) in [6, 6.07) is -1.98. The number of hydrogen-bond donors (Lipinski definition) is 3. The zero-order valence-corrected chi connectivity index (χ0v) is 18.2. The van der Waals surface area contributed by atoms with E-state index in [0.29, 0.717) is 24.3 Å². The molecule has 3 aromatic heterocycles. The van der Waals surface area contributed by atoms with Gasteiger partial charge < -0.3 is 15.6 Å². The standard InChI is InChI=1S/C21H23F4N7O/c1-11(21(23,24)25)30-18(33)15-9-29-32-5-4-12(6-16(15)32)13-7-26-17-14(13)8-27-19(31-17)28-10-20(2,3)22/h6-9,11H,4-5,10H2,1-3H3,(H,30,33)(H2,26,27,28,31)/t11-/m1/s1. The second kappa shape index (κ2) is 8.16. The summed E-state index contributed by atoms with van der Waals surface area (Å²) in [5.74, 6) is -0.553. The fourth-order valence-corrected chi connectivity index (χ4v) is 3.48. The molecule has 0 saturated carbocycles. The van der Waals surface area contributed by atoms with Crippen molar-refractivity contribution in [3.05, 3.63) is 35.4 Å². The van der Waals surface area contributed by atoms with Gasteiger partial charge >= 0.3 is 6.18 Å². The van der Waals surface area contributed by atoms with Crippen molar-refractivity contribution in [1.29, 1.82) is 0 Å². The summed E-state index contributed by atoms with van der Waals surface area (Å²) in [6.45, 7) is 4.30. The van der Waals surface area contributed by atoms with Crippen molar-refractivity contribution < 1.29 is 22.4 Å². The molecule has 176 valence electrons. The lowest BCUT2D eigenvalue weighted by molar-refractivity contribution is -0.149. The fraction of sp³-hybridized carbons (Fsp3) is 0.429. The number of anilines is 1. The molecule has 0 spiro atoms. The molecular weight excluding hydrogens is 442 g/mol. The SMILES string of the molecule is C[C@@H](NC(=O)c1cnn2c1C=C(c1c[nH]c3nc(NCC(C)(C)F)ncc13)CC2)C(F)(F)F. The maximum atomic E-state index is 13.7. The van der Waals surface area contributed by atoms with E-state index in [9.17, 15) is 22.4 Å². The average Bonchev–Trinajstić information content (AvgIpc) is 3.34. The van der Waals surface area contributed by atoms with Crippen LogP contribution in [-0.2, 0) is 6.54 Å². The van der Waals surface area contributed by atoms with E-state index in [4.69, 9.17) is 0 Å². The second-order valence-electron chi connectivity index (χ2n) is 8.55. The Hall–Kier alpha value is -3.44. The molecule has 4 heterocycles. The van der Waals surface area contributed by atoms with E-state index in [-0.39, 0.29) is 18.1 Å². The maximum Gasteiger partial charge on any atom is 0.408 e. The number of amides is 1. The summed E-state index contributed by atoms with van der Waals surface area (Å²) in [5, 5.41) is 9.70. The summed E-state index contributed by atoms with van der Waals surface area (Å²) < 4.78 is 53.8. The van der Waals surface area contributed by atoms with Gasteiger partial charge in [-0.15, -0.1) is 0 Å². The van der Waals surface area contributed by atoms with Gasteiger partial charge in [0.2, 0.25) is 5.95 Å². The first-order valence-corrected chi connectivity index (χ1v) is 10.3. The smallest absolute Gasteiger partial charge is 0.351 e. The largest absolute Gasteiger partial charge is 0.408 e. The zero-order chi connectivity index (χ0) is 24.0. The molecular formula is C21H23F4N7O. The fourth-order valence-electron chi connectivity index (χ4n) is 3.48. The molecule has 0 bridgehead atoms. The normalized spacial score (nSPS) is 15.2. The van der Waals surface area contributed by atoms with Crippen LogP contribution in [0.1, 0.15) is 48.8 Å². The third-order valence-electron chi connectivity index (χ3n) is 5.31. The Bertz CT molecular complexity index is 1220. The molecule has 1 aliphatic heterocycles. The lowest BCUT2D eigenvalue weighted by Gasteiger charge is -2.18. The van der Waals surface area contributed by atoms with Crippen molar-refractivity contribution in [2.75, 3.05) is 11.9 Å². The molecule has 3 aromatic rings. The molecule has 1 amide bonds. The number of aromatic amines is 1. The molecule has 4 rings (SSSR count). The van der Waals surface area contributed by atoms with Crippen LogP contribution in [0, 0.1) is 0 Å². The van der Waals surface area contributed by atoms with Gasteiger partial charge in [0.15, 0.2) is 0 Å². The highest BCUT2D eigenvalue weighted by atomic mass is 19.4. The Morgan fingerprint density at radius 3 is 2.73 bits per heavy atom. The average molecular weight is 465 g/mol. The maximum absolute atomic E-state index is 13.7. The van der Waals surface area contributed by atoms with Crippen LogP contribution in [0.25, 0.3) is 22.7 Å². The van der Waals surface area contributed by atoms with Crippen LogP contribution in [0.2, 0.25) is 0 Å².